The van der Waals surface area contributed by atoms with Gasteiger partial charge in [0.1, 0.15) is 0 Å². The van der Waals surface area contributed by atoms with Gasteiger partial charge in [-0.2, -0.15) is 32.6 Å². The number of hydrogen-bond acceptors (Lipinski definition) is 1. The largest absolute Gasteiger partial charge is 0.346 e. The van der Waals surface area contributed by atoms with Crippen LogP contribution >= 0.6 is 0 Å². The molecule has 2 aliphatic carbocycles. The summed E-state index contributed by atoms with van der Waals surface area (Å²) in [5.74, 6) is 1.00. The van der Waals surface area contributed by atoms with Gasteiger partial charge in [0.05, 0.1) is 0 Å². The Hall–Kier alpha value is 0.540. The van der Waals surface area contributed by atoms with E-state index in [0.717, 1.165) is 12.3 Å². The van der Waals surface area contributed by atoms with Crippen LogP contribution in [0.25, 0.3) is 0 Å². The average Bonchev–Trinajstić information content (AvgIpc) is 2.60. The van der Waals surface area contributed by atoms with Gasteiger partial charge in [-0.05, 0) is 5.92 Å². The Balaban J connectivity index is 0. The summed E-state index contributed by atoms with van der Waals surface area (Å²) < 4.78 is 4.19. The Morgan fingerprint density at radius 3 is 1.59 bits per heavy atom. The molecule has 0 amide bonds. The third-order valence-corrected chi connectivity index (χ3v) is 5.51. The molecule has 0 saturated heterocycles. The molecule has 0 atom stereocenters. The van der Waals surface area contributed by atoms with Gasteiger partial charge in [0.15, 0.2) is 0 Å². The molecule has 0 heterocycles. The molecular formula is C20H40NNb-3. The zero-order valence-electron chi connectivity index (χ0n) is 15.9. The van der Waals surface area contributed by atoms with Gasteiger partial charge in [-0.1, -0.05) is 39.0 Å². The SMILES string of the molecule is CC1CC[CH-]CC1.CCC(C)(C)[N]=[Nb].[CH-]1CCCCC1.[CH2-]C. The molecule has 2 saturated carbocycles. The van der Waals surface area contributed by atoms with Crippen molar-refractivity contribution in [3.8, 4) is 0 Å². The van der Waals surface area contributed by atoms with Crippen molar-refractivity contribution in [1.82, 2.24) is 0 Å². The first-order valence-electron chi connectivity index (χ1n) is 9.22. The Labute approximate surface area is 154 Å². The van der Waals surface area contributed by atoms with Gasteiger partial charge in [-0.25, -0.2) is 0 Å². The van der Waals surface area contributed by atoms with Gasteiger partial charge in [-0.3, -0.25) is 0 Å². The van der Waals surface area contributed by atoms with Crippen molar-refractivity contribution < 1.29 is 20.9 Å². The summed E-state index contributed by atoms with van der Waals surface area (Å²) in [4.78, 5) is 0. The predicted octanol–water partition coefficient (Wildman–Crippen LogP) is 7.30. The van der Waals surface area contributed by atoms with Gasteiger partial charge in [-0.15, -0.1) is 0 Å². The molecule has 0 N–H and O–H groups in total. The van der Waals surface area contributed by atoms with E-state index in [1.165, 1.54) is 57.8 Å². The summed E-state index contributed by atoms with van der Waals surface area (Å²) in [5.41, 5.74) is 0.231. The van der Waals surface area contributed by atoms with Crippen LogP contribution in [-0.2, 0) is 20.9 Å². The molecule has 2 rings (SSSR count). The molecule has 2 aliphatic rings. The topological polar surface area (TPSA) is 12.4 Å². The van der Waals surface area contributed by atoms with Gasteiger partial charge in [0, 0.05) is 0 Å². The van der Waals surface area contributed by atoms with Gasteiger partial charge in [0.2, 0.25) is 0 Å². The van der Waals surface area contributed by atoms with Crippen LogP contribution in [0.4, 0.5) is 0 Å². The van der Waals surface area contributed by atoms with Crippen LogP contribution in [0.5, 0.6) is 0 Å². The molecule has 0 radical (unpaired) electrons. The molecule has 22 heavy (non-hydrogen) atoms. The molecule has 133 valence electrons. The first-order valence-corrected chi connectivity index (χ1v) is 10.2. The maximum absolute atomic E-state index is 4.19. The number of nitrogens with zero attached hydrogens (tertiary/aromatic N) is 1. The quantitative estimate of drug-likeness (QED) is 0.348. The third-order valence-electron chi connectivity index (χ3n) is 4.18. The van der Waals surface area contributed by atoms with Crippen LogP contribution in [-0.4, -0.2) is 5.54 Å². The second-order valence-electron chi connectivity index (χ2n) is 6.74. The van der Waals surface area contributed by atoms with E-state index in [4.69, 9.17) is 0 Å². The maximum Gasteiger partial charge on any atom is -0.0582 e. The third kappa shape index (κ3) is 18.6. The van der Waals surface area contributed by atoms with Crippen LogP contribution in [0, 0.1) is 25.7 Å². The minimum absolute atomic E-state index is 0.231. The van der Waals surface area contributed by atoms with Crippen LogP contribution < -0.4 is 0 Å². The standard InChI is InChI=1S/C7H13.C6H11.C5H11N.C2H5.Nb/c1-7-5-3-2-4-6-7;1-2-4-6-5-3-1;1-4-5(2,3)6;1-2;/h2,7H,3-6H2,1H3;1H,2-6H2;4H2,1-3H3;1H2,2H3;/q2*-1;;-1;. The number of rotatable bonds is 2. The fourth-order valence-electron chi connectivity index (χ4n) is 2.06. The summed E-state index contributed by atoms with van der Waals surface area (Å²) >= 11 is 1.55. The molecule has 0 aromatic carbocycles. The van der Waals surface area contributed by atoms with Gasteiger partial charge in [0.25, 0.3) is 0 Å². The Morgan fingerprint density at radius 2 is 1.45 bits per heavy atom. The Morgan fingerprint density at radius 1 is 1.00 bits per heavy atom. The summed E-state index contributed by atoms with van der Waals surface area (Å²) in [6.07, 6.45) is 18.6. The van der Waals surface area contributed by atoms with Crippen LogP contribution in [0.2, 0.25) is 0 Å². The monoisotopic (exact) mass is 387 g/mol. The van der Waals surface area contributed by atoms with E-state index in [0.29, 0.717) is 0 Å². The Bertz CT molecular complexity index is 204. The maximum atomic E-state index is 4.19. The fraction of sp³-hybridized carbons (Fsp3) is 0.850. The van der Waals surface area contributed by atoms with Crippen molar-refractivity contribution in [2.75, 3.05) is 0 Å². The first-order chi connectivity index (χ1) is 10.5. The van der Waals surface area contributed by atoms with Crippen molar-refractivity contribution >= 4 is 0 Å². The van der Waals surface area contributed by atoms with Gasteiger partial charge >= 0.3 is 57.0 Å². The van der Waals surface area contributed by atoms with E-state index in [2.05, 4.69) is 50.8 Å². The van der Waals surface area contributed by atoms with E-state index in [9.17, 15) is 0 Å². The summed E-state index contributed by atoms with van der Waals surface area (Å²) in [7, 11) is 0. The zero-order valence-corrected chi connectivity index (χ0v) is 18.1. The van der Waals surface area contributed by atoms with Crippen LogP contribution in [0.3, 0.4) is 0 Å². The molecule has 0 aliphatic heterocycles. The molecule has 0 aromatic rings. The Kier molecular flexibility index (Phi) is 20.2. The van der Waals surface area contributed by atoms with Crippen LogP contribution in [0.15, 0.2) is 3.34 Å². The smallest absolute Gasteiger partial charge is 0.0582 e. The second-order valence-corrected chi connectivity index (χ2v) is 7.23. The van der Waals surface area contributed by atoms with Crippen LogP contribution in [0.1, 0.15) is 98.8 Å². The second kappa shape index (κ2) is 17.9. The molecule has 2 heteroatoms. The van der Waals surface area contributed by atoms with E-state index in [-0.39, 0.29) is 5.54 Å². The molecule has 1 nitrogen and oxygen atoms in total. The van der Waals surface area contributed by atoms with E-state index < -0.39 is 0 Å². The molecule has 2 fully saturated rings. The minimum Gasteiger partial charge on any atom is -0.346 e. The summed E-state index contributed by atoms with van der Waals surface area (Å²) in [6.45, 7) is 13.8. The minimum atomic E-state index is 0.231. The normalized spacial score (nSPS) is 18.4. The van der Waals surface area contributed by atoms with E-state index in [1.54, 1.807) is 27.8 Å². The molecule has 0 aromatic heterocycles. The molecule has 0 unspecified atom stereocenters. The van der Waals surface area contributed by atoms with Crippen molar-refractivity contribution in [2.45, 2.75) is 104 Å². The zero-order chi connectivity index (χ0) is 17.3. The summed E-state index contributed by atoms with van der Waals surface area (Å²) in [5, 5.41) is 0. The van der Waals surface area contributed by atoms with Crippen molar-refractivity contribution in [1.29, 1.82) is 0 Å². The van der Waals surface area contributed by atoms with E-state index >= 15 is 0 Å². The first kappa shape index (κ1) is 24.8. The van der Waals surface area contributed by atoms with Crippen molar-refractivity contribution in [3.63, 3.8) is 0 Å². The average molecular weight is 387 g/mol. The van der Waals surface area contributed by atoms with Gasteiger partial charge < -0.3 is 19.8 Å². The summed E-state index contributed by atoms with van der Waals surface area (Å²) in [6, 6.07) is 0. The molecule has 0 bridgehead atoms. The predicted molar refractivity (Wildman–Crippen MR) is 97.1 cm³/mol. The molecular weight excluding hydrogens is 347 g/mol. The van der Waals surface area contributed by atoms with E-state index in [1.807, 2.05) is 0 Å². The fourth-order valence-corrected chi connectivity index (χ4v) is 2.41. The van der Waals surface area contributed by atoms with Crippen molar-refractivity contribution in [3.05, 3.63) is 19.8 Å². The van der Waals surface area contributed by atoms with Crippen molar-refractivity contribution in [2.24, 2.45) is 9.26 Å². The number of hydrogen-bond donors (Lipinski definition) is 0. The molecule has 0 spiro atoms.